The van der Waals surface area contributed by atoms with E-state index >= 15 is 0 Å². The Morgan fingerprint density at radius 2 is 2.25 bits per heavy atom. The Morgan fingerprint density at radius 1 is 1.75 bits per heavy atom. The molecule has 0 N–H and O–H groups in total. The first kappa shape index (κ1) is 8.02. The fraction of sp³-hybridized carbons (Fsp3) is 0.833. The average Bonchev–Trinajstić information content (AvgIpc) is 1.65. The lowest BCUT2D eigenvalue weighted by Crippen LogP contribution is -1.95. The number of rotatable bonds is 2. The molecular formula is C6H12OS. The molecule has 0 heterocycles. The third kappa shape index (κ3) is 4.19. The maximum atomic E-state index is 10.4. The van der Waals surface area contributed by atoms with Crippen molar-refractivity contribution in [3.63, 3.8) is 0 Å². The quantitative estimate of drug-likeness (QED) is 0.572. The molecule has 0 aliphatic heterocycles. The van der Waals surface area contributed by atoms with Crippen LogP contribution < -0.4 is 0 Å². The maximum absolute atomic E-state index is 10.4. The van der Waals surface area contributed by atoms with Crippen LogP contribution in [0.4, 0.5) is 0 Å². The second kappa shape index (κ2) is 3.96. The first-order valence-corrected chi connectivity index (χ1v) is 3.72. The Labute approximate surface area is 54.8 Å². The zero-order valence-electron chi connectivity index (χ0n) is 5.60. The van der Waals surface area contributed by atoms with Gasteiger partial charge in [-0.15, -0.1) is 0 Å². The molecule has 0 aromatic rings. The second-order valence-corrected chi connectivity index (χ2v) is 3.44. The molecule has 0 aliphatic carbocycles. The maximum Gasteiger partial charge on any atom is 0.186 e. The lowest BCUT2D eigenvalue weighted by molar-refractivity contribution is -0.109. The van der Waals surface area contributed by atoms with Crippen LogP contribution in [0.3, 0.4) is 0 Å². The Morgan fingerprint density at radius 3 is 2.38 bits per heavy atom. The van der Waals surface area contributed by atoms with Gasteiger partial charge in [-0.05, 0) is 6.42 Å². The SMILES string of the molecule is CC[C@@H](C)SC(C)=O. The minimum atomic E-state index is 0.222. The number of hydrogen-bond acceptors (Lipinski definition) is 2. The summed E-state index contributed by atoms with van der Waals surface area (Å²) in [5.74, 6) is 0. The summed E-state index contributed by atoms with van der Waals surface area (Å²) in [6, 6.07) is 0. The summed E-state index contributed by atoms with van der Waals surface area (Å²) in [4.78, 5) is 10.4. The second-order valence-electron chi connectivity index (χ2n) is 1.83. The zero-order chi connectivity index (χ0) is 6.57. The molecule has 0 aromatic heterocycles. The Hall–Kier alpha value is 0.0200. The minimum Gasteiger partial charge on any atom is -0.288 e. The summed E-state index contributed by atoms with van der Waals surface area (Å²) < 4.78 is 0. The molecule has 0 saturated carbocycles. The highest BCUT2D eigenvalue weighted by Crippen LogP contribution is 2.12. The Bertz CT molecular complexity index is 80.6. The van der Waals surface area contributed by atoms with Crippen molar-refractivity contribution < 1.29 is 4.79 Å². The van der Waals surface area contributed by atoms with Crippen LogP contribution >= 0.6 is 11.8 Å². The minimum absolute atomic E-state index is 0.222. The first-order valence-electron chi connectivity index (χ1n) is 2.84. The number of carbonyl (C=O) groups is 1. The molecule has 0 radical (unpaired) electrons. The van der Waals surface area contributed by atoms with Crippen molar-refractivity contribution in [2.45, 2.75) is 32.4 Å². The van der Waals surface area contributed by atoms with E-state index in [1.54, 1.807) is 6.92 Å². The van der Waals surface area contributed by atoms with Crippen LogP contribution in [-0.4, -0.2) is 10.4 Å². The summed E-state index contributed by atoms with van der Waals surface area (Å²) in [6.07, 6.45) is 1.07. The third-order valence-electron chi connectivity index (χ3n) is 0.942. The highest BCUT2D eigenvalue weighted by molar-refractivity contribution is 8.14. The standard InChI is InChI=1S/C6H12OS/c1-4-5(2)8-6(3)7/h5H,4H2,1-3H3/t5-/m1/s1. The van der Waals surface area contributed by atoms with Gasteiger partial charge >= 0.3 is 0 Å². The molecule has 0 aliphatic rings. The molecule has 0 fully saturated rings. The molecule has 1 atom stereocenters. The molecule has 0 unspecified atom stereocenters. The predicted molar refractivity (Wildman–Crippen MR) is 38.0 cm³/mol. The molecule has 0 aromatic carbocycles. The van der Waals surface area contributed by atoms with Gasteiger partial charge in [0.1, 0.15) is 0 Å². The van der Waals surface area contributed by atoms with Crippen molar-refractivity contribution in [3.8, 4) is 0 Å². The van der Waals surface area contributed by atoms with Crippen LogP contribution in [-0.2, 0) is 4.79 Å². The third-order valence-corrected chi connectivity index (χ3v) is 2.01. The summed E-state index contributed by atoms with van der Waals surface area (Å²) in [7, 11) is 0. The van der Waals surface area contributed by atoms with E-state index in [1.165, 1.54) is 11.8 Å². The largest absolute Gasteiger partial charge is 0.288 e. The van der Waals surface area contributed by atoms with Crippen molar-refractivity contribution in [2.24, 2.45) is 0 Å². The topological polar surface area (TPSA) is 17.1 Å². The van der Waals surface area contributed by atoms with Crippen LogP contribution in [0.2, 0.25) is 0 Å². The fourth-order valence-corrected chi connectivity index (χ4v) is 1.10. The molecule has 8 heavy (non-hydrogen) atoms. The van der Waals surface area contributed by atoms with Crippen LogP contribution in [0.1, 0.15) is 27.2 Å². The average molecular weight is 132 g/mol. The molecular weight excluding hydrogens is 120 g/mol. The van der Waals surface area contributed by atoms with Gasteiger partial charge in [-0.3, -0.25) is 4.79 Å². The molecule has 0 amide bonds. The normalized spacial score (nSPS) is 13.4. The highest BCUT2D eigenvalue weighted by atomic mass is 32.2. The van der Waals surface area contributed by atoms with Crippen molar-refractivity contribution in [3.05, 3.63) is 0 Å². The highest BCUT2D eigenvalue weighted by Gasteiger charge is 2.00. The summed E-state index contributed by atoms with van der Waals surface area (Å²) >= 11 is 1.42. The number of thioether (sulfide) groups is 1. The molecule has 0 saturated heterocycles. The zero-order valence-corrected chi connectivity index (χ0v) is 6.42. The summed E-state index contributed by atoms with van der Waals surface area (Å²) in [5.41, 5.74) is 0. The molecule has 0 rings (SSSR count). The molecule has 0 spiro atoms. The van der Waals surface area contributed by atoms with E-state index in [4.69, 9.17) is 0 Å². The van der Waals surface area contributed by atoms with Crippen LogP contribution in [0.15, 0.2) is 0 Å². The van der Waals surface area contributed by atoms with E-state index in [0.29, 0.717) is 5.25 Å². The van der Waals surface area contributed by atoms with E-state index in [-0.39, 0.29) is 5.12 Å². The van der Waals surface area contributed by atoms with Gasteiger partial charge < -0.3 is 0 Å². The summed E-state index contributed by atoms with van der Waals surface area (Å²) in [5, 5.41) is 0.715. The van der Waals surface area contributed by atoms with Gasteiger partial charge in [0, 0.05) is 12.2 Å². The van der Waals surface area contributed by atoms with E-state index in [9.17, 15) is 4.79 Å². The van der Waals surface area contributed by atoms with Gasteiger partial charge in [0.2, 0.25) is 0 Å². The Kier molecular flexibility index (Phi) is 3.97. The number of hydrogen-bond donors (Lipinski definition) is 0. The van der Waals surface area contributed by atoms with Gasteiger partial charge in [0.25, 0.3) is 0 Å². The molecule has 48 valence electrons. The van der Waals surface area contributed by atoms with Crippen molar-refractivity contribution >= 4 is 16.9 Å². The van der Waals surface area contributed by atoms with E-state index in [0.717, 1.165) is 6.42 Å². The van der Waals surface area contributed by atoms with Gasteiger partial charge in [-0.1, -0.05) is 25.6 Å². The monoisotopic (exact) mass is 132 g/mol. The van der Waals surface area contributed by atoms with Crippen molar-refractivity contribution in [1.82, 2.24) is 0 Å². The lowest BCUT2D eigenvalue weighted by atomic mass is 10.4. The Balaban J connectivity index is 3.24. The smallest absolute Gasteiger partial charge is 0.186 e. The van der Waals surface area contributed by atoms with E-state index in [1.807, 2.05) is 0 Å². The molecule has 1 nitrogen and oxygen atoms in total. The number of carbonyl (C=O) groups excluding carboxylic acids is 1. The lowest BCUT2D eigenvalue weighted by Gasteiger charge is -2.01. The van der Waals surface area contributed by atoms with Gasteiger partial charge in [-0.2, -0.15) is 0 Å². The van der Waals surface area contributed by atoms with Gasteiger partial charge in [-0.25, -0.2) is 0 Å². The molecule has 0 bridgehead atoms. The van der Waals surface area contributed by atoms with Gasteiger partial charge in [0.15, 0.2) is 5.12 Å². The van der Waals surface area contributed by atoms with Crippen LogP contribution in [0, 0.1) is 0 Å². The van der Waals surface area contributed by atoms with Crippen LogP contribution in [0.5, 0.6) is 0 Å². The van der Waals surface area contributed by atoms with Crippen molar-refractivity contribution in [2.75, 3.05) is 0 Å². The van der Waals surface area contributed by atoms with E-state index in [2.05, 4.69) is 13.8 Å². The van der Waals surface area contributed by atoms with Crippen LogP contribution in [0.25, 0.3) is 0 Å². The predicted octanol–water partition coefficient (Wildman–Crippen LogP) is 2.06. The fourth-order valence-electron chi connectivity index (χ4n) is 0.367. The van der Waals surface area contributed by atoms with Crippen molar-refractivity contribution in [1.29, 1.82) is 0 Å². The van der Waals surface area contributed by atoms with E-state index < -0.39 is 0 Å². The van der Waals surface area contributed by atoms with Gasteiger partial charge in [0.05, 0.1) is 0 Å². The molecule has 2 heteroatoms. The first-order chi connectivity index (χ1) is 3.66. The summed E-state index contributed by atoms with van der Waals surface area (Å²) in [6.45, 7) is 5.75.